The number of nitrogens with one attached hydrogen (secondary N) is 2. The first kappa shape index (κ1) is 15.3. The van der Waals surface area contributed by atoms with Crippen molar-refractivity contribution >= 4 is 11.9 Å². The molecule has 20 heavy (non-hydrogen) atoms. The van der Waals surface area contributed by atoms with E-state index >= 15 is 0 Å². The summed E-state index contributed by atoms with van der Waals surface area (Å²) in [6.45, 7) is 4.20. The lowest BCUT2D eigenvalue weighted by Gasteiger charge is -2.42. The molecule has 2 rings (SSSR count). The minimum absolute atomic E-state index is 0.0176. The molecule has 0 radical (unpaired) electrons. The van der Waals surface area contributed by atoms with Crippen molar-refractivity contribution in [2.75, 3.05) is 13.1 Å². The Morgan fingerprint density at radius 2 is 2.15 bits per heavy atom. The van der Waals surface area contributed by atoms with Crippen molar-refractivity contribution in [2.45, 2.75) is 57.4 Å². The lowest BCUT2D eigenvalue weighted by molar-refractivity contribution is -0.140. The maximum Gasteiger partial charge on any atom is 0.305 e. The molecule has 0 bridgehead atoms. The first-order valence-electron chi connectivity index (χ1n) is 7.74. The van der Waals surface area contributed by atoms with E-state index in [0.717, 1.165) is 32.4 Å². The van der Waals surface area contributed by atoms with Gasteiger partial charge in [-0.05, 0) is 57.0 Å². The van der Waals surface area contributed by atoms with E-state index in [1.165, 1.54) is 12.8 Å². The quantitative estimate of drug-likeness (QED) is 0.690. The van der Waals surface area contributed by atoms with E-state index in [4.69, 9.17) is 5.11 Å². The van der Waals surface area contributed by atoms with Crippen LogP contribution in [0.15, 0.2) is 0 Å². The lowest BCUT2D eigenvalue weighted by atomic mass is 9.74. The predicted octanol–water partition coefficient (Wildman–Crippen LogP) is 1.53. The van der Waals surface area contributed by atoms with Crippen molar-refractivity contribution < 1.29 is 14.7 Å². The maximum atomic E-state index is 12.2. The number of amides is 1. The Kier molecular flexibility index (Phi) is 5.02. The van der Waals surface area contributed by atoms with Gasteiger partial charge in [0.2, 0.25) is 5.91 Å². The smallest absolute Gasteiger partial charge is 0.305 e. The summed E-state index contributed by atoms with van der Waals surface area (Å²) in [4.78, 5) is 23.1. The van der Waals surface area contributed by atoms with E-state index in [1.54, 1.807) is 0 Å². The van der Waals surface area contributed by atoms with Gasteiger partial charge in [0.25, 0.3) is 0 Å². The number of hydrogen-bond donors (Lipinski definition) is 3. The van der Waals surface area contributed by atoms with Crippen LogP contribution >= 0.6 is 0 Å². The van der Waals surface area contributed by atoms with Gasteiger partial charge >= 0.3 is 5.97 Å². The number of carboxylic acid groups (broad SMARTS) is 1. The van der Waals surface area contributed by atoms with Gasteiger partial charge in [-0.25, -0.2) is 0 Å². The number of rotatable bonds is 6. The predicted molar refractivity (Wildman–Crippen MR) is 76.4 cm³/mol. The maximum absolute atomic E-state index is 12.2. The first-order valence-corrected chi connectivity index (χ1v) is 7.74. The Labute approximate surface area is 120 Å². The molecular formula is C15H26N2O3. The lowest BCUT2D eigenvalue weighted by Crippen LogP contribution is -2.55. The number of carbonyl (C=O) groups is 2. The molecule has 2 aliphatic rings. The molecule has 2 unspecified atom stereocenters. The fourth-order valence-corrected chi connectivity index (χ4v) is 3.41. The fraction of sp³-hybridized carbons (Fsp3) is 0.867. The summed E-state index contributed by atoms with van der Waals surface area (Å²) in [7, 11) is 0. The number of hydrogen-bond acceptors (Lipinski definition) is 3. The molecule has 1 aliphatic carbocycles. The summed E-state index contributed by atoms with van der Waals surface area (Å²) >= 11 is 0. The third-order valence-corrected chi connectivity index (χ3v) is 4.85. The van der Waals surface area contributed by atoms with Gasteiger partial charge in [-0.3, -0.25) is 9.59 Å². The monoisotopic (exact) mass is 282 g/mol. The van der Waals surface area contributed by atoms with Crippen LogP contribution in [0.1, 0.15) is 51.9 Å². The Morgan fingerprint density at radius 1 is 1.40 bits per heavy atom. The molecule has 1 saturated carbocycles. The minimum atomic E-state index is -0.825. The van der Waals surface area contributed by atoms with Crippen LogP contribution in [0, 0.1) is 11.8 Å². The molecular weight excluding hydrogens is 256 g/mol. The van der Waals surface area contributed by atoms with Gasteiger partial charge in [0, 0.05) is 6.42 Å². The van der Waals surface area contributed by atoms with Crippen LogP contribution < -0.4 is 10.6 Å². The molecule has 0 aromatic heterocycles. The van der Waals surface area contributed by atoms with E-state index in [2.05, 4.69) is 17.6 Å². The van der Waals surface area contributed by atoms with Crippen LogP contribution in [0.4, 0.5) is 0 Å². The Balaban J connectivity index is 1.80. The van der Waals surface area contributed by atoms with Crippen LogP contribution in [0.2, 0.25) is 0 Å². The summed E-state index contributed by atoms with van der Waals surface area (Å²) in [5.41, 5.74) is -0.465. The molecule has 114 valence electrons. The van der Waals surface area contributed by atoms with Crippen molar-refractivity contribution in [3.63, 3.8) is 0 Å². The zero-order valence-electron chi connectivity index (χ0n) is 12.3. The molecule has 1 saturated heterocycles. The normalized spacial score (nSPS) is 26.4. The molecule has 3 N–H and O–H groups in total. The summed E-state index contributed by atoms with van der Waals surface area (Å²) in [5, 5.41) is 15.3. The van der Waals surface area contributed by atoms with E-state index in [-0.39, 0.29) is 12.3 Å². The standard InChI is InChI=1S/C15H26N2O3/c1-11(12-4-2-7-16-10-12)8-13(18)17-15(5-3-6-15)9-14(19)20/h11-12,16H,2-10H2,1H3,(H,17,18)(H,19,20). The Morgan fingerprint density at radius 3 is 2.65 bits per heavy atom. The Hall–Kier alpha value is -1.10. The average molecular weight is 282 g/mol. The number of piperidine rings is 1. The fourth-order valence-electron chi connectivity index (χ4n) is 3.41. The SMILES string of the molecule is CC(CC(=O)NC1(CC(=O)O)CCC1)C1CCCNC1. The Bertz CT molecular complexity index is 360. The van der Waals surface area contributed by atoms with Gasteiger partial charge < -0.3 is 15.7 Å². The van der Waals surface area contributed by atoms with Gasteiger partial charge in [-0.1, -0.05) is 6.92 Å². The number of carbonyl (C=O) groups excluding carboxylic acids is 1. The third-order valence-electron chi connectivity index (χ3n) is 4.85. The molecule has 5 heteroatoms. The van der Waals surface area contributed by atoms with Crippen LogP contribution in [0.5, 0.6) is 0 Å². The van der Waals surface area contributed by atoms with Crippen LogP contribution in [-0.2, 0) is 9.59 Å². The van der Waals surface area contributed by atoms with Crippen molar-refractivity contribution in [1.29, 1.82) is 0 Å². The highest BCUT2D eigenvalue weighted by Gasteiger charge is 2.40. The van der Waals surface area contributed by atoms with Gasteiger partial charge in [0.1, 0.15) is 0 Å². The highest BCUT2D eigenvalue weighted by molar-refractivity contribution is 5.78. The second-order valence-electron chi connectivity index (χ2n) is 6.54. The van der Waals surface area contributed by atoms with E-state index < -0.39 is 11.5 Å². The molecule has 1 heterocycles. The number of aliphatic carboxylic acids is 1. The highest BCUT2D eigenvalue weighted by Crippen LogP contribution is 2.35. The number of carboxylic acids is 1. The van der Waals surface area contributed by atoms with Gasteiger partial charge in [0.15, 0.2) is 0 Å². The summed E-state index contributed by atoms with van der Waals surface area (Å²) < 4.78 is 0. The van der Waals surface area contributed by atoms with Gasteiger partial charge in [-0.15, -0.1) is 0 Å². The van der Waals surface area contributed by atoms with Crippen LogP contribution in [-0.4, -0.2) is 35.6 Å². The molecule has 0 aromatic rings. The average Bonchev–Trinajstić information content (AvgIpc) is 2.36. The van der Waals surface area contributed by atoms with Crippen LogP contribution in [0.25, 0.3) is 0 Å². The van der Waals surface area contributed by atoms with Gasteiger partial charge in [0.05, 0.1) is 12.0 Å². The largest absolute Gasteiger partial charge is 0.481 e. The van der Waals surface area contributed by atoms with Crippen molar-refractivity contribution in [3.05, 3.63) is 0 Å². The van der Waals surface area contributed by atoms with Crippen molar-refractivity contribution in [1.82, 2.24) is 10.6 Å². The summed E-state index contributed by atoms with van der Waals surface area (Å²) in [6.07, 6.45) is 5.53. The van der Waals surface area contributed by atoms with E-state index in [1.807, 2.05) is 0 Å². The summed E-state index contributed by atoms with van der Waals surface area (Å²) in [6, 6.07) is 0. The third kappa shape index (κ3) is 3.95. The minimum Gasteiger partial charge on any atom is -0.481 e. The van der Waals surface area contributed by atoms with Gasteiger partial charge in [-0.2, -0.15) is 0 Å². The molecule has 0 spiro atoms. The van der Waals surface area contributed by atoms with E-state index in [0.29, 0.717) is 18.3 Å². The van der Waals surface area contributed by atoms with Crippen molar-refractivity contribution in [3.8, 4) is 0 Å². The molecule has 2 fully saturated rings. The molecule has 1 aliphatic heterocycles. The second-order valence-corrected chi connectivity index (χ2v) is 6.54. The van der Waals surface area contributed by atoms with Crippen LogP contribution in [0.3, 0.4) is 0 Å². The van der Waals surface area contributed by atoms with E-state index in [9.17, 15) is 9.59 Å². The molecule has 2 atom stereocenters. The highest BCUT2D eigenvalue weighted by atomic mass is 16.4. The molecule has 5 nitrogen and oxygen atoms in total. The zero-order valence-corrected chi connectivity index (χ0v) is 12.3. The molecule has 1 amide bonds. The molecule has 0 aromatic carbocycles. The zero-order chi connectivity index (χ0) is 14.6. The van der Waals surface area contributed by atoms with Crippen molar-refractivity contribution in [2.24, 2.45) is 11.8 Å². The second kappa shape index (κ2) is 6.57. The first-order chi connectivity index (χ1) is 9.51. The summed E-state index contributed by atoms with van der Waals surface area (Å²) in [5.74, 6) is 0.106. The topological polar surface area (TPSA) is 78.4 Å².